The van der Waals surface area contributed by atoms with Crippen molar-refractivity contribution in [2.75, 3.05) is 6.54 Å². The molecular weight excluding hydrogens is 176 g/mol. The Morgan fingerprint density at radius 3 is 3.08 bits per heavy atom. The zero-order chi connectivity index (χ0) is 8.97. The van der Waals surface area contributed by atoms with Crippen molar-refractivity contribution in [3.05, 3.63) is 40.5 Å². The molecule has 1 aromatic heterocycles. The maximum absolute atomic E-state index is 11.1. The van der Waals surface area contributed by atoms with Gasteiger partial charge in [0.15, 0.2) is 0 Å². The molecule has 0 unspecified atom stereocenters. The minimum absolute atomic E-state index is 0.176. The lowest BCUT2D eigenvalue weighted by Crippen LogP contribution is -2.04. The third kappa shape index (κ3) is 1.80. The molecule has 0 saturated carbocycles. The van der Waals surface area contributed by atoms with Crippen LogP contribution in [0.5, 0.6) is 0 Å². The summed E-state index contributed by atoms with van der Waals surface area (Å²) in [7, 11) is 0. The summed E-state index contributed by atoms with van der Waals surface area (Å²) >= 11 is 5.67. The van der Waals surface area contributed by atoms with Crippen LogP contribution in [0.1, 0.15) is 10.5 Å². The third-order valence-electron chi connectivity index (χ3n) is 1.25. The number of halogens is 1. The SMILES string of the molecule is [C-]#[N+]CC(=O)c1ncccc1Cl. The molecule has 0 aliphatic heterocycles. The summed E-state index contributed by atoms with van der Waals surface area (Å²) in [4.78, 5) is 17.8. The molecule has 12 heavy (non-hydrogen) atoms. The van der Waals surface area contributed by atoms with E-state index < -0.39 is 0 Å². The summed E-state index contributed by atoms with van der Waals surface area (Å²) in [6.07, 6.45) is 1.48. The van der Waals surface area contributed by atoms with E-state index in [1.54, 1.807) is 12.1 Å². The van der Waals surface area contributed by atoms with Gasteiger partial charge >= 0.3 is 0 Å². The number of hydrogen-bond acceptors (Lipinski definition) is 2. The van der Waals surface area contributed by atoms with Crippen molar-refractivity contribution < 1.29 is 4.79 Å². The van der Waals surface area contributed by atoms with E-state index in [4.69, 9.17) is 18.2 Å². The zero-order valence-corrected chi connectivity index (χ0v) is 6.88. The van der Waals surface area contributed by atoms with Crippen molar-refractivity contribution in [2.24, 2.45) is 0 Å². The van der Waals surface area contributed by atoms with E-state index >= 15 is 0 Å². The van der Waals surface area contributed by atoms with E-state index in [0.29, 0.717) is 5.02 Å². The first kappa shape index (κ1) is 8.69. The summed E-state index contributed by atoms with van der Waals surface area (Å²) in [6.45, 7) is 6.29. The van der Waals surface area contributed by atoms with Crippen molar-refractivity contribution in [2.45, 2.75) is 0 Å². The number of nitrogens with zero attached hydrogens (tertiary/aromatic N) is 2. The van der Waals surface area contributed by atoms with Gasteiger partial charge in [0.2, 0.25) is 0 Å². The van der Waals surface area contributed by atoms with E-state index in [1.165, 1.54) is 6.20 Å². The fourth-order valence-electron chi connectivity index (χ4n) is 0.738. The quantitative estimate of drug-likeness (QED) is 0.514. The second-order valence-corrected chi connectivity index (χ2v) is 2.48. The third-order valence-corrected chi connectivity index (χ3v) is 1.55. The molecule has 4 heteroatoms. The first-order valence-corrected chi connectivity index (χ1v) is 3.60. The molecule has 0 fully saturated rings. The van der Waals surface area contributed by atoms with Gasteiger partial charge in [0.1, 0.15) is 5.69 Å². The lowest BCUT2D eigenvalue weighted by molar-refractivity contribution is 0.100. The lowest BCUT2D eigenvalue weighted by Gasteiger charge is -1.95. The van der Waals surface area contributed by atoms with Gasteiger partial charge in [-0.1, -0.05) is 11.6 Å². The largest absolute Gasteiger partial charge is 0.308 e. The molecule has 0 radical (unpaired) electrons. The highest BCUT2D eigenvalue weighted by Gasteiger charge is 2.12. The van der Waals surface area contributed by atoms with E-state index in [0.717, 1.165) is 0 Å². The summed E-state index contributed by atoms with van der Waals surface area (Å²) in [5, 5.41) is 0.297. The molecule has 1 rings (SSSR count). The molecule has 0 bridgehead atoms. The normalized spacial score (nSPS) is 9.00. The molecule has 0 aliphatic rings. The van der Waals surface area contributed by atoms with Crippen molar-refractivity contribution in [1.82, 2.24) is 4.98 Å². The highest BCUT2D eigenvalue weighted by molar-refractivity contribution is 6.33. The number of ketones is 1. The molecule has 0 N–H and O–H groups in total. The molecule has 1 aromatic rings. The fourth-order valence-corrected chi connectivity index (χ4v) is 0.964. The predicted molar refractivity (Wildman–Crippen MR) is 45.0 cm³/mol. The monoisotopic (exact) mass is 180 g/mol. The maximum Gasteiger partial charge on any atom is 0.278 e. The number of carbonyl (C=O) groups excluding carboxylic acids is 1. The van der Waals surface area contributed by atoms with Gasteiger partial charge in [-0.25, -0.2) is 6.57 Å². The number of rotatable bonds is 2. The van der Waals surface area contributed by atoms with Gasteiger partial charge in [-0.05, 0) is 12.1 Å². The molecular formula is C8H5ClN2O. The number of carbonyl (C=O) groups is 1. The summed E-state index contributed by atoms with van der Waals surface area (Å²) < 4.78 is 0. The summed E-state index contributed by atoms with van der Waals surface area (Å²) in [6, 6.07) is 3.21. The Balaban J connectivity index is 2.97. The van der Waals surface area contributed by atoms with Crippen molar-refractivity contribution in [3.63, 3.8) is 0 Å². The summed E-state index contributed by atoms with van der Waals surface area (Å²) in [5.41, 5.74) is 0.176. The first-order chi connectivity index (χ1) is 5.75. The van der Waals surface area contributed by atoms with E-state index in [9.17, 15) is 4.79 Å². The summed E-state index contributed by atoms with van der Waals surface area (Å²) in [5.74, 6) is -0.337. The number of Topliss-reactive ketones (excluding diaryl/α,β-unsaturated/α-hetero) is 1. The average molecular weight is 181 g/mol. The van der Waals surface area contributed by atoms with Crippen LogP contribution >= 0.6 is 11.6 Å². The van der Waals surface area contributed by atoms with Gasteiger partial charge in [-0.3, -0.25) is 9.78 Å². The van der Waals surface area contributed by atoms with Crippen LogP contribution in [0.2, 0.25) is 5.02 Å². The highest BCUT2D eigenvalue weighted by Crippen LogP contribution is 2.12. The van der Waals surface area contributed by atoms with Gasteiger partial charge in [0.05, 0.1) is 5.02 Å². The molecule has 0 spiro atoms. The van der Waals surface area contributed by atoms with Crippen LogP contribution in [0.4, 0.5) is 0 Å². The molecule has 3 nitrogen and oxygen atoms in total. The maximum atomic E-state index is 11.1. The first-order valence-electron chi connectivity index (χ1n) is 3.22. The minimum Gasteiger partial charge on any atom is -0.308 e. The number of aromatic nitrogens is 1. The van der Waals surface area contributed by atoms with Crippen molar-refractivity contribution in [3.8, 4) is 0 Å². The highest BCUT2D eigenvalue weighted by atomic mass is 35.5. The average Bonchev–Trinajstić information content (AvgIpc) is 2.05. The number of pyridine rings is 1. The molecule has 0 aliphatic carbocycles. The standard InChI is InChI=1S/C8H5ClN2O/c1-10-5-7(12)8-6(9)3-2-4-11-8/h2-4H,5H2. The predicted octanol–water partition coefficient (Wildman–Crippen LogP) is 1.84. The van der Waals surface area contributed by atoms with E-state index in [1.807, 2.05) is 0 Å². The van der Waals surface area contributed by atoms with Gasteiger partial charge in [0, 0.05) is 6.20 Å². The smallest absolute Gasteiger partial charge is 0.278 e. The van der Waals surface area contributed by atoms with Crippen molar-refractivity contribution in [1.29, 1.82) is 0 Å². The van der Waals surface area contributed by atoms with E-state index in [2.05, 4.69) is 9.83 Å². The van der Waals surface area contributed by atoms with E-state index in [-0.39, 0.29) is 18.0 Å². The Bertz CT molecular complexity index is 343. The lowest BCUT2D eigenvalue weighted by atomic mass is 10.2. The molecule has 1 heterocycles. The second-order valence-electron chi connectivity index (χ2n) is 2.07. The van der Waals surface area contributed by atoms with Crippen LogP contribution in [-0.2, 0) is 0 Å². The Morgan fingerprint density at radius 2 is 2.50 bits per heavy atom. The van der Waals surface area contributed by atoms with Crippen LogP contribution in [0.15, 0.2) is 18.3 Å². The fraction of sp³-hybridized carbons (Fsp3) is 0.125. The van der Waals surface area contributed by atoms with Gasteiger partial charge in [-0.2, -0.15) is 0 Å². The zero-order valence-electron chi connectivity index (χ0n) is 6.12. The van der Waals surface area contributed by atoms with Crippen LogP contribution < -0.4 is 0 Å². The Hall–Kier alpha value is -1.40. The molecule has 60 valence electrons. The molecule has 0 atom stereocenters. The Labute approximate surface area is 74.8 Å². The van der Waals surface area contributed by atoms with Crippen LogP contribution in [0.3, 0.4) is 0 Å². The Morgan fingerprint density at radius 1 is 1.75 bits per heavy atom. The van der Waals surface area contributed by atoms with Crippen molar-refractivity contribution >= 4 is 17.4 Å². The van der Waals surface area contributed by atoms with Crippen LogP contribution in [-0.4, -0.2) is 17.3 Å². The topological polar surface area (TPSA) is 34.3 Å². The van der Waals surface area contributed by atoms with Crippen LogP contribution in [0, 0.1) is 6.57 Å². The Kier molecular flexibility index (Phi) is 2.78. The molecule has 0 aromatic carbocycles. The number of hydrogen-bond donors (Lipinski definition) is 0. The van der Waals surface area contributed by atoms with Gasteiger partial charge < -0.3 is 4.85 Å². The van der Waals surface area contributed by atoms with Crippen LogP contribution in [0.25, 0.3) is 4.85 Å². The minimum atomic E-state index is -0.337. The van der Waals surface area contributed by atoms with Gasteiger partial charge in [0.25, 0.3) is 12.3 Å². The molecule has 0 saturated heterocycles. The molecule has 0 amide bonds. The van der Waals surface area contributed by atoms with Gasteiger partial charge in [-0.15, -0.1) is 0 Å². The second kappa shape index (κ2) is 3.84.